The lowest BCUT2D eigenvalue weighted by Crippen LogP contribution is -2.46. The number of ether oxygens (including phenoxy) is 1. The van der Waals surface area contributed by atoms with Crippen molar-refractivity contribution >= 4 is 23.2 Å². The van der Waals surface area contributed by atoms with Gasteiger partial charge in [-0.3, -0.25) is 4.79 Å². The third-order valence-corrected chi connectivity index (χ3v) is 4.29. The molecule has 1 amide bonds. The molecule has 7 heteroatoms. The van der Waals surface area contributed by atoms with E-state index in [9.17, 15) is 9.18 Å². The number of halogens is 1. The van der Waals surface area contributed by atoms with Crippen LogP contribution in [-0.2, 0) is 11.4 Å². The van der Waals surface area contributed by atoms with E-state index in [0.717, 1.165) is 11.1 Å². The zero-order valence-electron chi connectivity index (χ0n) is 14.1. The highest BCUT2D eigenvalue weighted by molar-refractivity contribution is 7.80. The second-order valence-electron chi connectivity index (χ2n) is 5.92. The Bertz CT molecular complexity index is 863. The van der Waals surface area contributed by atoms with Crippen molar-refractivity contribution < 1.29 is 13.9 Å². The highest BCUT2D eigenvalue weighted by Gasteiger charge is 2.28. The molecule has 5 nitrogen and oxygen atoms in total. The lowest BCUT2D eigenvalue weighted by molar-refractivity contribution is -0.115. The summed E-state index contributed by atoms with van der Waals surface area (Å²) in [6.07, 6.45) is 0. The van der Waals surface area contributed by atoms with Gasteiger partial charge in [0.15, 0.2) is 5.11 Å². The first kappa shape index (κ1) is 17.9. The lowest BCUT2D eigenvalue weighted by atomic mass is 9.95. The van der Waals surface area contributed by atoms with Crippen molar-refractivity contribution in [3.8, 4) is 5.75 Å². The van der Waals surface area contributed by atoms with Crippen LogP contribution in [0.2, 0.25) is 0 Å². The largest absolute Gasteiger partial charge is 0.489 e. The van der Waals surface area contributed by atoms with Crippen LogP contribution < -0.4 is 21.1 Å². The molecule has 2 aromatic carbocycles. The van der Waals surface area contributed by atoms with Crippen LogP contribution in [0.15, 0.2) is 59.8 Å². The van der Waals surface area contributed by atoms with Gasteiger partial charge in [-0.2, -0.15) is 0 Å². The summed E-state index contributed by atoms with van der Waals surface area (Å²) in [7, 11) is 0. The van der Waals surface area contributed by atoms with Gasteiger partial charge in [0.2, 0.25) is 5.91 Å². The Kier molecular flexibility index (Phi) is 5.18. The number of nitrogens with two attached hydrogens (primary N) is 1. The maximum absolute atomic E-state index is 12.9. The number of nitrogens with one attached hydrogen (secondary N) is 2. The van der Waals surface area contributed by atoms with Crippen molar-refractivity contribution in [1.29, 1.82) is 0 Å². The average Bonchev–Trinajstić information content (AvgIpc) is 2.60. The van der Waals surface area contributed by atoms with Gasteiger partial charge in [-0.25, -0.2) is 4.39 Å². The minimum Gasteiger partial charge on any atom is -0.489 e. The van der Waals surface area contributed by atoms with E-state index in [-0.39, 0.29) is 5.82 Å². The molecule has 0 spiro atoms. The lowest BCUT2D eigenvalue weighted by Gasteiger charge is -2.29. The van der Waals surface area contributed by atoms with E-state index in [1.165, 1.54) is 12.1 Å². The van der Waals surface area contributed by atoms with E-state index in [2.05, 4.69) is 10.6 Å². The Morgan fingerprint density at radius 2 is 1.85 bits per heavy atom. The summed E-state index contributed by atoms with van der Waals surface area (Å²) in [5.74, 6) is -0.123. The van der Waals surface area contributed by atoms with Crippen LogP contribution in [0.4, 0.5) is 4.39 Å². The summed E-state index contributed by atoms with van der Waals surface area (Å²) in [6.45, 7) is 2.10. The number of primary amides is 1. The van der Waals surface area contributed by atoms with E-state index in [4.69, 9.17) is 22.7 Å². The Hall–Kier alpha value is -2.93. The molecular weight excluding hydrogens is 353 g/mol. The van der Waals surface area contributed by atoms with Gasteiger partial charge < -0.3 is 21.1 Å². The molecule has 1 atom stereocenters. The van der Waals surface area contributed by atoms with Gasteiger partial charge in [-0.15, -0.1) is 0 Å². The third-order valence-electron chi connectivity index (χ3n) is 4.07. The number of rotatable bonds is 5. The van der Waals surface area contributed by atoms with Crippen LogP contribution in [0, 0.1) is 5.82 Å². The average molecular weight is 371 g/mol. The Morgan fingerprint density at radius 1 is 1.19 bits per heavy atom. The normalized spacial score (nSPS) is 16.7. The summed E-state index contributed by atoms with van der Waals surface area (Å²) in [6, 6.07) is 13.0. The molecular formula is C19H18FN3O2S. The second-order valence-corrected chi connectivity index (χ2v) is 6.33. The fraction of sp³-hybridized carbons (Fsp3) is 0.158. The number of hydrogen-bond donors (Lipinski definition) is 3. The smallest absolute Gasteiger partial charge is 0.248 e. The van der Waals surface area contributed by atoms with Crippen molar-refractivity contribution in [2.75, 3.05) is 0 Å². The molecule has 0 saturated heterocycles. The standard InChI is InChI=1S/C19H18FN3O2S/c1-11-16(18(21)24)17(23-19(26)22-11)13-4-8-15(9-5-13)25-10-12-2-6-14(20)7-3-12/h2-9,17H,10H2,1H3,(H2,21,24)(H2,22,23,26)/t17-/m1/s1. The first-order chi connectivity index (χ1) is 12.4. The van der Waals surface area contributed by atoms with Gasteiger partial charge in [-0.05, 0) is 54.5 Å². The van der Waals surface area contributed by atoms with Crippen LogP contribution in [0.5, 0.6) is 5.75 Å². The summed E-state index contributed by atoms with van der Waals surface area (Å²) >= 11 is 5.17. The van der Waals surface area contributed by atoms with Crippen LogP contribution >= 0.6 is 12.2 Å². The van der Waals surface area contributed by atoms with Gasteiger partial charge in [0.05, 0.1) is 11.6 Å². The number of hydrogen-bond acceptors (Lipinski definition) is 3. The predicted octanol–water partition coefficient (Wildman–Crippen LogP) is 2.68. The second kappa shape index (κ2) is 7.53. The molecule has 0 radical (unpaired) electrons. The van der Waals surface area contributed by atoms with Crippen LogP contribution in [0.25, 0.3) is 0 Å². The summed E-state index contributed by atoms with van der Waals surface area (Å²) in [5, 5.41) is 6.41. The topological polar surface area (TPSA) is 76.4 Å². The Morgan fingerprint density at radius 3 is 2.46 bits per heavy atom. The molecule has 0 unspecified atom stereocenters. The zero-order chi connectivity index (χ0) is 18.7. The first-order valence-corrected chi connectivity index (χ1v) is 8.40. The van der Waals surface area contributed by atoms with E-state index in [0.29, 0.717) is 28.7 Å². The highest BCUT2D eigenvalue weighted by atomic mass is 32.1. The number of allylic oxidation sites excluding steroid dienone is 1. The van der Waals surface area contributed by atoms with Crippen molar-refractivity contribution in [1.82, 2.24) is 10.6 Å². The highest BCUT2D eigenvalue weighted by Crippen LogP contribution is 2.27. The van der Waals surface area contributed by atoms with Crippen molar-refractivity contribution in [3.05, 3.63) is 76.7 Å². The van der Waals surface area contributed by atoms with Gasteiger partial charge in [0.25, 0.3) is 0 Å². The maximum atomic E-state index is 12.9. The third kappa shape index (κ3) is 4.00. The fourth-order valence-corrected chi connectivity index (χ4v) is 3.05. The molecule has 0 fully saturated rings. The van der Waals surface area contributed by atoms with E-state index in [1.807, 2.05) is 12.1 Å². The number of carbonyl (C=O) groups is 1. The van der Waals surface area contributed by atoms with Crippen LogP contribution in [0.3, 0.4) is 0 Å². The van der Waals surface area contributed by atoms with E-state index >= 15 is 0 Å². The molecule has 0 bridgehead atoms. The fourth-order valence-electron chi connectivity index (χ4n) is 2.77. The molecule has 0 aliphatic carbocycles. The summed E-state index contributed by atoms with van der Waals surface area (Å²) in [4.78, 5) is 11.8. The SMILES string of the molecule is CC1=C(C(N)=O)[C@@H](c2ccc(OCc3ccc(F)cc3)cc2)NC(=S)N1. The van der Waals surface area contributed by atoms with E-state index in [1.54, 1.807) is 31.2 Å². The maximum Gasteiger partial charge on any atom is 0.248 e. The molecule has 0 saturated carbocycles. The number of amides is 1. The molecule has 26 heavy (non-hydrogen) atoms. The molecule has 3 rings (SSSR count). The van der Waals surface area contributed by atoms with Gasteiger partial charge in [0.1, 0.15) is 18.2 Å². The molecule has 1 heterocycles. The molecule has 1 aliphatic rings. The molecule has 2 aromatic rings. The van der Waals surface area contributed by atoms with Crippen molar-refractivity contribution in [2.45, 2.75) is 19.6 Å². The molecule has 4 N–H and O–H groups in total. The number of benzene rings is 2. The Balaban J connectivity index is 1.74. The molecule has 0 aromatic heterocycles. The quantitative estimate of drug-likeness (QED) is 0.705. The minimum atomic E-state index is -0.508. The van der Waals surface area contributed by atoms with Gasteiger partial charge in [-0.1, -0.05) is 24.3 Å². The van der Waals surface area contributed by atoms with Gasteiger partial charge >= 0.3 is 0 Å². The first-order valence-electron chi connectivity index (χ1n) is 7.99. The minimum absolute atomic E-state index is 0.279. The summed E-state index contributed by atoms with van der Waals surface area (Å²) < 4.78 is 18.6. The monoisotopic (exact) mass is 371 g/mol. The molecule has 1 aliphatic heterocycles. The predicted molar refractivity (Wildman–Crippen MR) is 101 cm³/mol. The number of thiocarbonyl (C=S) groups is 1. The Labute approximate surface area is 156 Å². The zero-order valence-corrected chi connectivity index (χ0v) is 14.9. The van der Waals surface area contributed by atoms with Crippen LogP contribution in [0.1, 0.15) is 24.1 Å². The van der Waals surface area contributed by atoms with Crippen molar-refractivity contribution in [2.24, 2.45) is 5.73 Å². The van der Waals surface area contributed by atoms with Crippen molar-refractivity contribution in [3.63, 3.8) is 0 Å². The van der Waals surface area contributed by atoms with E-state index < -0.39 is 11.9 Å². The molecule has 134 valence electrons. The summed E-state index contributed by atoms with van der Waals surface area (Å²) in [5.41, 5.74) is 8.31. The van der Waals surface area contributed by atoms with Crippen LogP contribution in [-0.4, -0.2) is 11.0 Å². The number of carbonyl (C=O) groups excluding carboxylic acids is 1. The van der Waals surface area contributed by atoms with Gasteiger partial charge in [0, 0.05) is 5.70 Å².